The number of rotatable bonds is 14. The molecule has 2 fully saturated rings. The predicted molar refractivity (Wildman–Crippen MR) is 126 cm³/mol. The van der Waals surface area contributed by atoms with E-state index in [0.29, 0.717) is 31.6 Å². The minimum absolute atomic E-state index is 0.0534. The molecule has 6 nitrogen and oxygen atoms in total. The number of ketones is 1. The van der Waals surface area contributed by atoms with E-state index < -0.39 is 6.10 Å². The summed E-state index contributed by atoms with van der Waals surface area (Å²) in [4.78, 5) is 28.3. The number of nitrogens with zero attached hydrogens (tertiary/aromatic N) is 2. The molecule has 1 unspecified atom stereocenters. The Hall–Kier alpha value is -0.980. The third kappa shape index (κ3) is 10.9. The van der Waals surface area contributed by atoms with Crippen molar-refractivity contribution in [2.24, 2.45) is 11.8 Å². The predicted octanol–water partition coefficient (Wildman–Crippen LogP) is 3.23. The molecular formula is C25H47N3O3. The van der Waals surface area contributed by atoms with Crippen LogP contribution in [0.25, 0.3) is 0 Å². The fourth-order valence-corrected chi connectivity index (χ4v) is 4.88. The zero-order valence-corrected chi connectivity index (χ0v) is 20.1. The molecule has 2 heterocycles. The van der Waals surface area contributed by atoms with Gasteiger partial charge in [-0.3, -0.25) is 9.59 Å². The van der Waals surface area contributed by atoms with Crippen molar-refractivity contribution >= 4 is 11.7 Å². The highest BCUT2D eigenvalue weighted by Crippen LogP contribution is 2.27. The monoisotopic (exact) mass is 437 g/mol. The van der Waals surface area contributed by atoms with Gasteiger partial charge in [-0.1, -0.05) is 33.1 Å². The molecule has 0 spiro atoms. The number of nitrogens with one attached hydrogen (secondary N) is 1. The first kappa shape index (κ1) is 26.3. The van der Waals surface area contributed by atoms with Crippen molar-refractivity contribution in [1.82, 2.24) is 15.1 Å². The van der Waals surface area contributed by atoms with Crippen LogP contribution in [-0.2, 0) is 9.59 Å². The molecule has 0 aromatic heterocycles. The van der Waals surface area contributed by atoms with Crippen LogP contribution in [0.1, 0.15) is 84.5 Å². The van der Waals surface area contributed by atoms with Crippen LogP contribution < -0.4 is 5.32 Å². The Morgan fingerprint density at radius 1 is 0.903 bits per heavy atom. The van der Waals surface area contributed by atoms with Gasteiger partial charge in [0, 0.05) is 38.9 Å². The van der Waals surface area contributed by atoms with Crippen LogP contribution in [0.4, 0.5) is 0 Å². The van der Waals surface area contributed by atoms with Crippen LogP contribution in [0.5, 0.6) is 0 Å². The first-order chi connectivity index (χ1) is 15.0. The molecule has 2 rings (SSSR count). The molecule has 6 heteroatoms. The number of aliphatic hydroxyl groups excluding tert-OH is 1. The largest absolute Gasteiger partial charge is 0.391 e. The lowest BCUT2D eigenvalue weighted by atomic mass is 9.87. The van der Waals surface area contributed by atoms with Crippen molar-refractivity contribution in [3.8, 4) is 0 Å². The molecule has 2 aliphatic rings. The zero-order chi connectivity index (χ0) is 22.5. The van der Waals surface area contributed by atoms with Gasteiger partial charge in [0.15, 0.2) is 0 Å². The minimum atomic E-state index is -0.427. The van der Waals surface area contributed by atoms with Crippen molar-refractivity contribution < 1.29 is 14.7 Å². The van der Waals surface area contributed by atoms with Gasteiger partial charge in [-0.25, -0.2) is 0 Å². The van der Waals surface area contributed by atoms with Crippen molar-refractivity contribution in [1.29, 1.82) is 0 Å². The average molecular weight is 438 g/mol. The lowest BCUT2D eigenvalue weighted by molar-refractivity contribution is -0.122. The number of amides is 1. The van der Waals surface area contributed by atoms with E-state index in [-0.39, 0.29) is 5.91 Å². The summed E-state index contributed by atoms with van der Waals surface area (Å²) in [6, 6.07) is 0. The van der Waals surface area contributed by atoms with Crippen LogP contribution in [0.15, 0.2) is 0 Å². The second-order valence-corrected chi connectivity index (χ2v) is 9.76. The molecule has 0 aromatic carbocycles. The Morgan fingerprint density at radius 3 is 1.90 bits per heavy atom. The van der Waals surface area contributed by atoms with Gasteiger partial charge in [0.05, 0.1) is 6.10 Å². The Morgan fingerprint density at radius 2 is 1.42 bits per heavy atom. The normalized spacial score (nSPS) is 20.6. The van der Waals surface area contributed by atoms with E-state index >= 15 is 0 Å². The molecule has 0 radical (unpaired) electrons. The molecule has 180 valence electrons. The molecule has 0 aliphatic carbocycles. The van der Waals surface area contributed by atoms with E-state index in [1.54, 1.807) is 0 Å². The van der Waals surface area contributed by atoms with Crippen LogP contribution in [0, 0.1) is 11.8 Å². The molecule has 1 amide bonds. The minimum Gasteiger partial charge on any atom is -0.391 e. The van der Waals surface area contributed by atoms with Gasteiger partial charge in [0.2, 0.25) is 5.91 Å². The van der Waals surface area contributed by atoms with Gasteiger partial charge in [0.1, 0.15) is 5.78 Å². The van der Waals surface area contributed by atoms with Crippen molar-refractivity contribution in [3.05, 3.63) is 0 Å². The Balaban J connectivity index is 1.47. The summed E-state index contributed by atoms with van der Waals surface area (Å²) in [5, 5.41) is 12.4. The number of hydrogen-bond acceptors (Lipinski definition) is 5. The smallest absolute Gasteiger partial charge is 0.221 e. The maximum absolute atomic E-state index is 11.9. The first-order valence-electron chi connectivity index (χ1n) is 12.9. The molecule has 0 bridgehead atoms. The average Bonchev–Trinajstić information content (AvgIpc) is 2.81. The van der Waals surface area contributed by atoms with Crippen LogP contribution in [0.2, 0.25) is 0 Å². The quantitative estimate of drug-likeness (QED) is 0.436. The fourth-order valence-electron chi connectivity index (χ4n) is 4.88. The van der Waals surface area contributed by atoms with Gasteiger partial charge >= 0.3 is 0 Å². The number of hydrogen-bond donors (Lipinski definition) is 2. The number of carbonyl (C=O) groups is 2. The summed E-state index contributed by atoms with van der Waals surface area (Å²) in [5.74, 6) is 2.17. The molecule has 0 aromatic rings. The van der Waals surface area contributed by atoms with Crippen molar-refractivity contribution in [2.75, 3.05) is 45.8 Å². The SMILES string of the molecule is CCC(=O)CCN1CCC(CCCC2CCN(CCC(=O)NCC(O)CC)CC2)CC1. The molecule has 2 N–H and O–H groups in total. The maximum atomic E-state index is 11.9. The summed E-state index contributed by atoms with van der Waals surface area (Å²) in [5.41, 5.74) is 0. The standard InChI is InChI=1S/C25H47N3O3/c1-3-23(29)12-18-27-14-8-21(9-15-27)6-5-7-22-10-16-28(17-11-22)19-13-25(31)26-20-24(30)4-2/h21-22,24,30H,3-20H2,1-2H3,(H,26,31). The second-order valence-electron chi connectivity index (χ2n) is 9.76. The summed E-state index contributed by atoms with van der Waals surface area (Å²) < 4.78 is 0. The maximum Gasteiger partial charge on any atom is 0.221 e. The Kier molecular flexibility index (Phi) is 12.7. The highest BCUT2D eigenvalue weighted by molar-refractivity contribution is 5.78. The van der Waals surface area contributed by atoms with E-state index in [4.69, 9.17) is 0 Å². The Labute approximate surface area is 190 Å². The van der Waals surface area contributed by atoms with Crippen molar-refractivity contribution in [2.45, 2.75) is 90.6 Å². The van der Waals surface area contributed by atoms with E-state index in [0.717, 1.165) is 44.4 Å². The lowest BCUT2D eigenvalue weighted by Crippen LogP contribution is -2.38. The highest BCUT2D eigenvalue weighted by atomic mass is 16.3. The number of aliphatic hydroxyl groups is 1. The molecule has 0 saturated carbocycles. The number of carbonyl (C=O) groups excluding carboxylic acids is 2. The first-order valence-corrected chi connectivity index (χ1v) is 12.9. The fraction of sp³-hybridized carbons (Fsp3) is 0.920. The van der Waals surface area contributed by atoms with Crippen LogP contribution in [0.3, 0.4) is 0 Å². The molecule has 1 atom stereocenters. The highest BCUT2D eigenvalue weighted by Gasteiger charge is 2.22. The summed E-state index contributed by atoms with van der Waals surface area (Å²) in [6.07, 6.45) is 11.4. The van der Waals surface area contributed by atoms with E-state index in [9.17, 15) is 14.7 Å². The van der Waals surface area contributed by atoms with E-state index in [2.05, 4.69) is 15.1 Å². The molecule has 2 aliphatic heterocycles. The van der Waals surface area contributed by atoms with Gasteiger partial charge in [-0.05, 0) is 70.1 Å². The zero-order valence-electron chi connectivity index (χ0n) is 20.1. The molecule has 31 heavy (non-hydrogen) atoms. The third-order valence-electron chi connectivity index (χ3n) is 7.40. The van der Waals surface area contributed by atoms with Crippen LogP contribution >= 0.6 is 0 Å². The van der Waals surface area contributed by atoms with E-state index in [1.807, 2.05) is 13.8 Å². The number of piperidine rings is 2. The van der Waals surface area contributed by atoms with Crippen molar-refractivity contribution in [3.63, 3.8) is 0 Å². The topological polar surface area (TPSA) is 72.9 Å². The van der Waals surface area contributed by atoms with E-state index in [1.165, 1.54) is 58.0 Å². The third-order valence-corrected chi connectivity index (χ3v) is 7.40. The lowest BCUT2D eigenvalue weighted by Gasteiger charge is -2.33. The Bertz CT molecular complexity index is 512. The summed E-state index contributed by atoms with van der Waals surface area (Å²) in [7, 11) is 0. The summed E-state index contributed by atoms with van der Waals surface area (Å²) >= 11 is 0. The number of likely N-dealkylation sites (tertiary alicyclic amines) is 2. The summed E-state index contributed by atoms with van der Waals surface area (Å²) in [6.45, 7) is 10.6. The second kappa shape index (κ2) is 15.0. The van der Waals surface area contributed by atoms with Gasteiger partial charge in [0.25, 0.3) is 0 Å². The molecule has 2 saturated heterocycles. The number of Topliss-reactive ketones (excluding diaryl/α,β-unsaturated/α-hetero) is 1. The van der Waals surface area contributed by atoms with Gasteiger partial charge < -0.3 is 20.2 Å². The van der Waals surface area contributed by atoms with Gasteiger partial charge in [-0.15, -0.1) is 0 Å². The van der Waals surface area contributed by atoms with Gasteiger partial charge in [-0.2, -0.15) is 0 Å². The van der Waals surface area contributed by atoms with Crippen LogP contribution in [-0.4, -0.2) is 78.5 Å². The molecular weight excluding hydrogens is 390 g/mol.